The molecule has 0 aromatic heterocycles. The normalized spacial score (nSPS) is 10.8. The van der Waals surface area contributed by atoms with E-state index in [4.69, 9.17) is 16.3 Å². The minimum Gasteiger partial charge on any atom is -0.466 e. The fraction of sp³-hybridized carbons (Fsp3) is 0.900. The Morgan fingerprint density at radius 1 is 0.667 bits per heavy atom. The van der Waals surface area contributed by atoms with Gasteiger partial charge >= 0.3 is 5.97 Å². The second-order valence-corrected chi connectivity index (χ2v) is 7.09. The fourth-order valence-electron chi connectivity index (χ4n) is 2.70. The molecule has 0 aliphatic heterocycles. The van der Waals surface area contributed by atoms with E-state index in [1.165, 1.54) is 51.4 Å². The Morgan fingerprint density at radius 3 is 1.50 bits per heavy atom. The van der Waals surface area contributed by atoms with Gasteiger partial charge in [0.05, 0.1) is 6.61 Å². The SMILES string of the molecule is CCCCOC(=O)CCCCCCCCCCCCCCC(=O)Cl. The Morgan fingerprint density at radius 2 is 1.08 bits per heavy atom. The average molecular weight is 361 g/mol. The number of unbranched alkanes of at least 4 members (excludes halogenated alkanes) is 12. The zero-order valence-electron chi connectivity index (χ0n) is 15.6. The molecule has 4 heteroatoms. The molecule has 0 unspecified atom stereocenters. The van der Waals surface area contributed by atoms with Gasteiger partial charge in [0.25, 0.3) is 0 Å². The molecule has 0 N–H and O–H groups in total. The van der Waals surface area contributed by atoms with Gasteiger partial charge in [-0.3, -0.25) is 9.59 Å². The third-order valence-electron chi connectivity index (χ3n) is 4.27. The highest BCUT2D eigenvalue weighted by atomic mass is 35.5. The summed E-state index contributed by atoms with van der Waals surface area (Å²) in [5.41, 5.74) is 0. The van der Waals surface area contributed by atoms with Gasteiger partial charge in [-0.25, -0.2) is 0 Å². The summed E-state index contributed by atoms with van der Waals surface area (Å²) in [4.78, 5) is 22.0. The number of hydrogen-bond donors (Lipinski definition) is 0. The molecule has 142 valence electrons. The largest absolute Gasteiger partial charge is 0.466 e. The molecule has 0 atom stereocenters. The monoisotopic (exact) mass is 360 g/mol. The smallest absolute Gasteiger partial charge is 0.305 e. The summed E-state index contributed by atoms with van der Waals surface area (Å²) in [7, 11) is 0. The number of hydrogen-bond acceptors (Lipinski definition) is 3. The maximum atomic E-state index is 11.4. The van der Waals surface area contributed by atoms with Crippen LogP contribution < -0.4 is 0 Å². The minimum absolute atomic E-state index is 0.0288. The first-order valence-electron chi connectivity index (χ1n) is 10.0. The molecule has 0 saturated heterocycles. The molecule has 0 radical (unpaired) electrons. The van der Waals surface area contributed by atoms with Crippen molar-refractivity contribution in [1.29, 1.82) is 0 Å². The van der Waals surface area contributed by atoms with Crippen LogP contribution in [0.1, 0.15) is 110 Å². The summed E-state index contributed by atoms with van der Waals surface area (Å²) in [5.74, 6) is -0.0288. The van der Waals surface area contributed by atoms with E-state index in [0.717, 1.165) is 38.5 Å². The van der Waals surface area contributed by atoms with Gasteiger partial charge in [0.15, 0.2) is 0 Å². The number of carbonyl (C=O) groups excluding carboxylic acids is 2. The highest BCUT2D eigenvalue weighted by molar-refractivity contribution is 6.63. The predicted octanol–water partition coefficient (Wildman–Crippen LogP) is 6.56. The zero-order valence-corrected chi connectivity index (χ0v) is 16.4. The number of carbonyl (C=O) groups is 2. The predicted molar refractivity (Wildman–Crippen MR) is 101 cm³/mol. The van der Waals surface area contributed by atoms with Crippen LogP contribution in [0.3, 0.4) is 0 Å². The van der Waals surface area contributed by atoms with E-state index in [-0.39, 0.29) is 11.2 Å². The van der Waals surface area contributed by atoms with Crippen LogP contribution in [0.2, 0.25) is 0 Å². The van der Waals surface area contributed by atoms with Gasteiger partial charge in [-0.2, -0.15) is 0 Å². The van der Waals surface area contributed by atoms with Gasteiger partial charge in [0.1, 0.15) is 0 Å². The molecule has 0 aromatic carbocycles. The van der Waals surface area contributed by atoms with E-state index in [2.05, 4.69) is 6.92 Å². The van der Waals surface area contributed by atoms with E-state index >= 15 is 0 Å². The van der Waals surface area contributed by atoms with E-state index in [1.54, 1.807) is 0 Å². The topological polar surface area (TPSA) is 43.4 Å². The van der Waals surface area contributed by atoms with Gasteiger partial charge in [0, 0.05) is 12.8 Å². The maximum absolute atomic E-state index is 11.4. The molecule has 0 saturated carbocycles. The Labute approximate surface area is 153 Å². The van der Waals surface area contributed by atoms with Crippen molar-refractivity contribution < 1.29 is 14.3 Å². The van der Waals surface area contributed by atoms with E-state index in [9.17, 15) is 9.59 Å². The van der Waals surface area contributed by atoms with Crippen molar-refractivity contribution in [2.24, 2.45) is 0 Å². The summed E-state index contributed by atoms with van der Waals surface area (Å²) in [5, 5.41) is -0.205. The fourth-order valence-corrected chi connectivity index (χ4v) is 2.84. The van der Waals surface area contributed by atoms with Crippen molar-refractivity contribution in [3.05, 3.63) is 0 Å². The average Bonchev–Trinajstić information content (AvgIpc) is 2.55. The summed E-state index contributed by atoms with van der Waals surface area (Å²) < 4.78 is 5.14. The second kappa shape index (κ2) is 18.8. The summed E-state index contributed by atoms with van der Waals surface area (Å²) in [6.45, 7) is 2.68. The Kier molecular flexibility index (Phi) is 18.3. The number of rotatable bonds is 18. The van der Waals surface area contributed by atoms with Crippen LogP contribution in [0.5, 0.6) is 0 Å². The molecule has 0 heterocycles. The van der Waals surface area contributed by atoms with Crippen LogP contribution in [0.4, 0.5) is 0 Å². The van der Waals surface area contributed by atoms with E-state index in [1.807, 2.05) is 0 Å². The van der Waals surface area contributed by atoms with Crippen molar-refractivity contribution in [1.82, 2.24) is 0 Å². The van der Waals surface area contributed by atoms with Gasteiger partial charge < -0.3 is 4.74 Å². The molecule has 0 aromatic rings. The Bertz CT molecular complexity index is 305. The maximum Gasteiger partial charge on any atom is 0.305 e. The molecule has 0 spiro atoms. The van der Waals surface area contributed by atoms with Gasteiger partial charge in [0.2, 0.25) is 5.24 Å². The molecular formula is C20H37ClO3. The van der Waals surface area contributed by atoms with Crippen molar-refractivity contribution in [2.75, 3.05) is 6.61 Å². The third kappa shape index (κ3) is 19.5. The van der Waals surface area contributed by atoms with Crippen molar-refractivity contribution in [3.63, 3.8) is 0 Å². The van der Waals surface area contributed by atoms with Crippen LogP contribution in [-0.4, -0.2) is 17.8 Å². The minimum atomic E-state index is -0.205. The summed E-state index contributed by atoms with van der Waals surface area (Å²) >= 11 is 5.30. The first-order chi connectivity index (χ1) is 11.7. The quantitative estimate of drug-likeness (QED) is 0.158. The second-order valence-electron chi connectivity index (χ2n) is 6.67. The zero-order chi connectivity index (χ0) is 17.9. The highest BCUT2D eigenvalue weighted by Gasteiger charge is 2.02. The lowest BCUT2D eigenvalue weighted by molar-refractivity contribution is -0.143. The van der Waals surface area contributed by atoms with Crippen LogP contribution >= 0.6 is 11.6 Å². The lowest BCUT2D eigenvalue weighted by Crippen LogP contribution is -2.05. The first-order valence-corrected chi connectivity index (χ1v) is 10.4. The van der Waals surface area contributed by atoms with Crippen LogP contribution in [0.25, 0.3) is 0 Å². The van der Waals surface area contributed by atoms with Crippen LogP contribution in [0, 0.1) is 0 Å². The standard InChI is InChI=1S/C20H37ClO3/c1-2-3-18-24-20(23)17-15-13-11-9-7-5-4-6-8-10-12-14-16-19(21)22/h2-18H2,1H3. The van der Waals surface area contributed by atoms with Gasteiger partial charge in [-0.05, 0) is 30.9 Å². The number of ether oxygens (including phenoxy) is 1. The lowest BCUT2D eigenvalue weighted by atomic mass is 10.0. The van der Waals surface area contributed by atoms with Crippen molar-refractivity contribution in [3.8, 4) is 0 Å². The van der Waals surface area contributed by atoms with Gasteiger partial charge in [-0.1, -0.05) is 77.6 Å². The summed E-state index contributed by atoms with van der Waals surface area (Å²) in [6.07, 6.45) is 17.6. The molecule has 0 fully saturated rings. The highest BCUT2D eigenvalue weighted by Crippen LogP contribution is 2.13. The molecule has 3 nitrogen and oxygen atoms in total. The van der Waals surface area contributed by atoms with Crippen LogP contribution in [-0.2, 0) is 14.3 Å². The van der Waals surface area contributed by atoms with E-state index in [0.29, 0.717) is 19.4 Å². The van der Waals surface area contributed by atoms with Crippen molar-refractivity contribution in [2.45, 2.75) is 110 Å². The molecule has 0 amide bonds. The molecule has 0 rings (SSSR count). The number of halogens is 1. The number of esters is 1. The van der Waals surface area contributed by atoms with E-state index < -0.39 is 0 Å². The first kappa shape index (κ1) is 23.4. The third-order valence-corrected chi connectivity index (χ3v) is 4.45. The Hall–Kier alpha value is -0.570. The molecule has 0 aliphatic carbocycles. The van der Waals surface area contributed by atoms with Gasteiger partial charge in [-0.15, -0.1) is 0 Å². The molecular weight excluding hydrogens is 324 g/mol. The lowest BCUT2D eigenvalue weighted by Gasteiger charge is -2.04. The molecule has 0 bridgehead atoms. The summed E-state index contributed by atoms with van der Waals surface area (Å²) in [6, 6.07) is 0. The Balaban J connectivity index is 3.10. The molecule has 24 heavy (non-hydrogen) atoms. The van der Waals surface area contributed by atoms with Crippen molar-refractivity contribution >= 4 is 22.8 Å². The van der Waals surface area contributed by atoms with Crippen LogP contribution in [0.15, 0.2) is 0 Å². The molecule has 0 aliphatic rings.